The predicted octanol–water partition coefficient (Wildman–Crippen LogP) is 2.59. The van der Waals surface area contributed by atoms with Crippen molar-refractivity contribution in [2.75, 3.05) is 20.2 Å². The number of pyridine rings is 1. The zero-order chi connectivity index (χ0) is 23.9. The van der Waals surface area contributed by atoms with Gasteiger partial charge in [0.2, 0.25) is 10.0 Å². The van der Waals surface area contributed by atoms with Gasteiger partial charge in [0.25, 0.3) is 0 Å². The van der Waals surface area contributed by atoms with E-state index in [1.54, 1.807) is 29.9 Å². The van der Waals surface area contributed by atoms with E-state index in [0.717, 1.165) is 16.6 Å². The highest BCUT2D eigenvalue weighted by Crippen LogP contribution is 2.39. The number of benzene rings is 1. The molecule has 180 valence electrons. The van der Waals surface area contributed by atoms with Crippen LogP contribution in [0.2, 0.25) is 0 Å². The SMILES string of the molecule is COC1CCN(S(=O)(=O)c2ccc3cccnc3c2C2CCn3ncc(CC(=O)O)c3C2)CC1. The summed E-state index contributed by atoms with van der Waals surface area (Å²) in [5.41, 5.74) is 2.95. The number of piperidine rings is 1. The molecule has 1 atom stereocenters. The lowest BCUT2D eigenvalue weighted by Gasteiger charge is -2.32. The van der Waals surface area contributed by atoms with Crippen LogP contribution in [0.5, 0.6) is 0 Å². The van der Waals surface area contributed by atoms with Gasteiger partial charge in [0.05, 0.1) is 29.1 Å². The van der Waals surface area contributed by atoms with Gasteiger partial charge in [-0.15, -0.1) is 0 Å². The van der Waals surface area contributed by atoms with E-state index < -0.39 is 16.0 Å². The van der Waals surface area contributed by atoms with Crippen molar-refractivity contribution in [3.63, 3.8) is 0 Å². The second kappa shape index (κ2) is 9.09. The van der Waals surface area contributed by atoms with Gasteiger partial charge >= 0.3 is 5.97 Å². The normalized spacial score (nSPS) is 19.9. The van der Waals surface area contributed by atoms with E-state index >= 15 is 0 Å². The monoisotopic (exact) mass is 484 g/mol. The van der Waals surface area contributed by atoms with Crippen molar-refractivity contribution < 1.29 is 23.1 Å². The summed E-state index contributed by atoms with van der Waals surface area (Å²) in [7, 11) is -2.08. The standard InChI is InChI=1S/C24H28N4O5S/c1-33-19-7-10-27(11-8-19)34(31,32)21-5-4-16-3-2-9-25-24(16)23(21)17-6-12-28-20(13-17)18(15-26-28)14-22(29)30/h2-5,9,15,17,19H,6-8,10-14H2,1H3,(H,29,30). The summed E-state index contributed by atoms with van der Waals surface area (Å²) >= 11 is 0. The first kappa shape index (κ1) is 22.9. The van der Waals surface area contributed by atoms with Crippen molar-refractivity contribution in [2.45, 2.75) is 55.6 Å². The Morgan fingerprint density at radius 3 is 2.71 bits per heavy atom. The molecule has 0 aliphatic carbocycles. The Labute approximate surface area is 198 Å². The van der Waals surface area contributed by atoms with E-state index in [2.05, 4.69) is 10.1 Å². The summed E-state index contributed by atoms with van der Waals surface area (Å²) in [6.45, 7) is 1.43. The molecule has 1 unspecified atom stereocenters. The van der Waals surface area contributed by atoms with E-state index in [9.17, 15) is 18.3 Å². The van der Waals surface area contributed by atoms with Crippen LogP contribution in [0, 0.1) is 0 Å². The van der Waals surface area contributed by atoms with Crippen molar-refractivity contribution in [1.82, 2.24) is 19.1 Å². The molecule has 4 heterocycles. The zero-order valence-electron chi connectivity index (χ0n) is 19.1. The maximum atomic E-state index is 13.9. The van der Waals surface area contributed by atoms with E-state index in [1.165, 1.54) is 0 Å². The Bertz CT molecular complexity index is 1330. The second-order valence-electron chi connectivity index (χ2n) is 8.99. The number of ether oxygens (including phenoxy) is 1. The van der Waals surface area contributed by atoms with Crippen molar-refractivity contribution in [2.24, 2.45) is 0 Å². The molecule has 2 aliphatic rings. The van der Waals surface area contributed by atoms with Crippen LogP contribution < -0.4 is 0 Å². The molecule has 0 radical (unpaired) electrons. The van der Waals surface area contributed by atoms with Crippen LogP contribution in [0.3, 0.4) is 0 Å². The molecule has 1 saturated heterocycles. The molecule has 0 amide bonds. The molecular formula is C24H28N4O5S. The Kier molecular flexibility index (Phi) is 6.13. The molecule has 1 fully saturated rings. The van der Waals surface area contributed by atoms with E-state index in [0.29, 0.717) is 61.3 Å². The molecule has 5 rings (SSSR count). The third-order valence-electron chi connectivity index (χ3n) is 7.04. The summed E-state index contributed by atoms with van der Waals surface area (Å²) in [6, 6.07) is 7.32. The summed E-state index contributed by atoms with van der Waals surface area (Å²) in [5.74, 6) is -1.02. The van der Waals surface area contributed by atoms with Crippen LogP contribution in [0.15, 0.2) is 41.6 Å². The molecule has 2 aromatic heterocycles. The summed E-state index contributed by atoms with van der Waals surface area (Å²) in [6.07, 6.45) is 5.83. The minimum absolute atomic E-state index is 0.0791. The topological polar surface area (TPSA) is 115 Å². The highest BCUT2D eigenvalue weighted by atomic mass is 32.2. The van der Waals surface area contributed by atoms with Crippen LogP contribution in [0.1, 0.15) is 42.0 Å². The first-order valence-electron chi connectivity index (χ1n) is 11.5. The van der Waals surface area contributed by atoms with Gasteiger partial charge in [-0.1, -0.05) is 12.1 Å². The Morgan fingerprint density at radius 1 is 1.18 bits per heavy atom. The van der Waals surface area contributed by atoms with Crippen molar-refractivity contribution in [3.05, 3.63) is 53.5 Å². The molecule has 0 spiro atoms. The average Bonchev–Trinajstić information content (AvgIpc) is 3.24. The predicted molar refractivity (Wildman–Crippen MR) is 125 cm³/mol. The van der Waals surface area contributed by atoms with Crippen molar-refractivity contribution >= 4 is 26.9 Å². The van der Waals surface area contributed by atoms with Gasteiger partial charge in [-0.05, 0) is 43.7 Å². The highest BCUT2D eigenvalue weighted by Gasteiger charge is 2.35. The number of aryl methyl sites for hydroxylation is 1. The molecular weight excluding hydrogens is 456 g/mol. The fraction of sp³-hybridized carbons (Fsp3) is 0.458. The largest absolute Gasteiger partial charge is 0.481 e. The average molecular weight is 485 g/mol. The van der Waals surface area contributed by atoms with Crippen molar-refractivity contribution in [3.8, 4) is 0 Å². The van der Waals surface area contributed by atoms with Gasteiger partial charge in [-0.25, -0.2) is 8.42 Å². The number of nitrogens with zero attached hydrogens (tertiary/aromatic N) is 4. The van der Waals surface area contributed by atoms with Crippen LogP contribution in [0.25, 0.3) is 10.9 Å². The maximum absolute atomic E-state index is 13.9. The van der Waals surface area contributed by atoms with Gasteiger partial charge < -0.3 is 9.84 Å². The summed E-state index contributed by atoms with van der Waals surface area (Å²) < 4.78 is 36.5. The molecule has 1 N–H and O–H groups in total. The first-order valence-corrected chi connectivity index (χ1v) is 13.0. The number of sulfonamides is 1. The first-order chi connectivity index (χ1) is 16.4. The summed E-state index contributed by atoms with van der Waals surface area (Å²) in [5, 5.41) is 14.5. The highest BCUT2D eigenvalue weighted by molar-refractivity contribution is 7.89. The third-order valence-corrected chi connectivity index (χ3v) is 9.00. The number of aromatic nitrogens is 3. The fourth-order valence-corrected chi connectivity index (χ4v) is 7.02. The van der Waals surface area contributed by atoms with E-state index in [-0.39, 0.29) is 18.4 Å². The van der Waals surface area contributed by atoms with E-state index in [1.807, 2.05) is 22.9 Å². The van der Waals surface area contributed by atoms with Gasteiger partial charge in [-0.3, -0.25) is 14.5 Å². The van der Waals surface area contributed by atoms with Gasteiger partial charge in [0.1, 0.15) is 0 Å². The number of fused-ring (bicyclic) bond motifs is 2. The van der Waals surface area contributed by atoms with Gasteiger partial charge in [0, 0.05) is 55.1 Å². The third kappa shape index (κ3) is 4.10. The maximum Gasteiger partial charge on any atom is 0.307 e. The molecule has 3 aromatic rings. The molecule has 34 heavy (non-hydrogen) atoms. The lowest BCUT2D eigenvalue weighted by molar-refractivity contribution is -0.136. The Balaban J connectivity index is 1.58. The minimum atomic E-state index is -3.74. The number of methoxy groups -OCH3 is 1. The number of carboxylic acids is 1. The Hall–Kier alpha value is -2.82. The molecule has 2 aliphatic heterocycles. The number of hydrogen-bond acceptors (Lipinski definition) is 6. The molecule has 0 bridgehead atoms. The van der Waals surface area contributed by atoms with E-state index in [4.69, 9.17) is 4.74 Å². The van der Waals surface area contributed by atoms with Crippen LogP contribution in [-0.2, 0) is 38.9 Å². The fourth-order valence-electron chi connectivity index (χ4n) is 5.27. The number of hydrogen-bond donors (Lipinski definition) is 1. The molecule has 0 saturated carbocycles. The smallest absolute Gasteiger partial charge is 0.307 e. The number of carboxylic acid groups (broad SMARTS) is 1. The number of rotatable bonds is 6. The van der Waals surface area contributed by atoms with Crippen LogP contribution in [0.4, 0.5) is 0 Å². The van der Waals surface area contributed by atoms with Crippen molar-refractivity contribution in [1.29, 1.82) is 0 Å². The Morgan fingerprint density at radius 2 is 1.97 bits per heavy atom. The quantitative estimate of drug-likeness (QED) is 0.572. The molecule has 9 nitrogen and oxygen atoms in total. The lowest BCUT2D eigenvalue weighted by Crippen LogP contribution is -2.41. The van der Waals surface area contributed by atoms with Crippen LogP contribution >= 0.6 is 0 Å². The number of carbonyl (C=O) groups is 1. The van der Waals surface area contributed by atoms with Crippen LogP contribution in [-0.4, -0.2) is 64.9 Å². The lowest BCUT2D eigenvalue weighted by atomic mass is 9.86. The number of aliphatic carboxylic acids is 1. The zero-order valence-corrected chi connectivity index (χ0v) is 19.9. The van der Waals surface area contributed by atoms with Gasteiger partial charge in [-0.2, -0.15) is 9.40 Å². The minimum Gasteiger partial charge on any atom is -0.481 e. The molecule has 10 heteroatoms. The van der Waals surface area contributed by atoms with Gasteiger partial charge in [0.15, 0.2) is 0 Å². The summed E-state index contributed by atoms with van der Waals surface area (Å²) in [4.78, 5) is 16.2. The molecule has 1 aromatic carbocycles. The second-order valence-corrected chi connectivity index (χ2v) is 10.9.